The number of para-hydroxylation sites is 1. The Hall–Kier alpha value is -7.81. The van der Waals surface area contributed by atoms with E-state index in [0.717, 1.165) is 95.3 Å². The predicted octanol–water partition coefficient (Wildman–Crippen LogP) is 19.0. The van der Waals surface area contributed by atoms with Gasteiger partial charge in [-0.1, -0.05) is 238 Å². The molecule has 1 N–H and O–H groups in total. The van der Waals surface area contributed by atoms with Crippen LogP contribution in [0.3, 0.4) is 0 Å². The maximum absolute atomic E-state index is 12.8. The van der Waals surface area contributed by atoms with Gasteiger partial charge in [-0.3, -0.25) is 9.55 Å². The van der Waals surface area contributed by atoms with Crippen LogP contribution in [-0.4, -0.2) is 42.7 Å². The first-order valence-electron chi connectivity index (χ1n) is 29.0. The molecule has 3 aromatic heterocycles. The van der Waals surface area contributed by atoms with Crippen molar-refractivity contribution in [2.24, 2.45) is 0 Å². The lowest BCUT2D eigenvalue weighted by Gasteiger charge is -2.27. The number of benzene rings is 7. The molecule has 0 aliphatic heterocycles. The summed E-state index contributed by atoms with van der Waals surface area (Å²) in [6.07, 6.45) is 1.94. The van der Waals surface area contributed by atoms with Gasteiger partial charge in [0, 0.05) is 44.8 Å². The van der Waals surface area contributed by atoms with Gasteiger partial charge in [-0.2, -0.15) is 0 Å². The Morgan fingerprint density at radius 3 is 1.55 bits per heavy atom. The van der Waals surface area contributed by atoms with Crippen molar-refractivity contribution < 1.29 is 5.11 Å². The quantitative estimate of drug-likeness (QED) is 0.145. The van der Waals surface area contributed by atoms with Gasteiger partial charge in [-0.25, -0.2) is 19.9 Å². The molecule has 0 atom stereocenters. The maximum atomic E-state index is 12.8. The van der Waals surface area contributed by atoms with E-state index in [1.165, 1.54) is 16.3 Å². The molecule has 3 heterocycles. The SMILES string of the molecule is CC(C)(C)c1cc(-c2cc(-c3ccc([Si](C)(C)C)cc3)ccn2)cc(-c2cccc3c2nc(-c2cc(C(C)(C)C)cc(C(C)(C)C)c2O)n3-c2ccc(-c3ccc(-c4nc(C(C)(C)C)nc(C(C)(C)C)n4)cc3)cc2-c2ccccc2)c1. The molecule has 10 aromatic rings. The lowest BCUT2D eigenvalue weighted by Crippen LogP contribution is -2.37. The molecule has 82 heavy (non-hydrogen) atoms. The van der Waals surface area contributed by atoms with Crippen LogP contribution in [0.15, 0.2) is 164 Å². The Morgan fingerprint density at radius 2 is 0.963 bits per heavy atom. The molecule has 0 aliphatic carbocycles. The molecule has 0 aliphatic rings. The van der Waals surface area contributed by atoms with Crippen molar-refractivity contribution in [3.8, 4) is 90.0 Å². The van der Waals surface area contributed by atoms with Crippen molar-refractivity contribution in [1.82, 2.24) is 29.5 Å². The summed E-state index contributed by atoms with van der Waals surface area (Å²) in [6.45, 7) is 40.1. The van der Waals surface area contributed by atoms with E-state index in [-0.39, 0.29) is 32.8 Å². The van der Waals surface area contributed by atoms with Gasteiger partial charge >= 0.3 is 0 Å². The van der Waals surface area contributed by atoms with Crippen LogP contribution in [-0.2, 0) is 27.1 Å². The molecule has 7 aromatic carbocycles. The summed E-state index contributed by atoms with van der Waals surface area (Å²) in [7, 11) is -1.46. The van der Waals surface area contributed by atoms with Crippen LogP contribution in [0.5, 0.6) is 5.75 Å². The predicted molar refractivity (Wildman–Crippen MR) is 348 cm³/mol. The van der Waals surface area contributed by atoms with Gasteiger partial charge in [0.05, 0.1) is 36.1 Å². The first kappa shape index (κ1) is 57.4. The van der Waals surface area contributed by atoms with Crippen molar-refractivity contribution in [3.63, 3.8) is 0 Å². The summed E-state index contributed by atoms with van der Waals surface area (Å²) >= 11 is 0. The fourth-order valence-corrected chi connectivity index (χ4v) is 11.8. The summed E-state index contributed by atoms with van der Waals surface area (Å²) in [4.78, 5) is 25.8. The molecule has 418 valence electrons. The molecule has 0 amide bonds. The van der Waals surface area contributed by atoms with E-state index < -0.39 is 8.07 Å². The molecule has 0 spiro atoms. The van der Waals surface area contributed by atoms with Gasteiger partial charge in [-0.15, -0.1) is 0 Å². The van der Waals surface area contributed by atoms with Crippen molar-refractivity contribution in [1.29, 1.82) is 0 Å². The highest BCUT2D eigenvalue weighted by Gasteiger charge is 2.31. The van der Waals surface area contributed by atoms with Gasteiger partial charge < -0.3 is 5.11 Å². The molecule has 0 saturated heterocycles. The summed E-state index contributed by atoms with van der Waals surface area (Å²) in [5, 5.41) is 14.3. The standard InChI is InChI=1S/C74H82N6OSi/c1-70(2,3)54-40-52(39-53(41-54)61-43-51(37-38-75-61)47-31-34-56(35-32-47)82(16,17)18)57-25-22-26-63-64(57)76-67(59-44-55(71(4,5)6)45-60(65(59)81)72(7,8)9)80(63)62-36-33-50(42-58(62)48-23-20-19-21-24-48)46-27-29-49(30-28-46)66-77-68(73(10,11)12)79-69(78-66)74(13,14)15/h19-45,81H,1-18H3. The van der Waals surface area contributed by atoms with Gasteiger partial charge in [-0.05, 0) is 109 Å². The minimum absolute atomic E-state index is 0.180. The van der Waals surface area contributed by atoms with E-state index in [9.17, 15) is 5.11 Å². The third kappa shape index (κ3) is 11.7. The Labute approximate surface area is 489 Å². The number of pyridine rings is 1. The summed E-state index contributed by atoms with van der Waals surface area (Å²) in [5.41, 5.74) is 16.7. The third-order valence-corrected chi connectivity index (χ3v) is 17.8. The van der Waals surface area contributed by atoms with Crippen molar-refractivity contribution >= 4 is 24.3 Å². The third-order valence-electron chi connectivity index (χ3n) is 15.7. The van der Waals surface area contributed by atoms with E-state index in [4.69, 9.17) is 24.9 Å². The Bertz CT molecular complexity index is 3990. The van der Waals surface area contributed by atoms with Gasteiger partial charge in [0.1, 0.15) is 23.2 Å². The number of fused-ring (bicyclic) bond motifs is 1. The second-order valence-corrected chi connectivity index (χ2v) is 33.7. The van der Waals surface area contributed by atoms with Crippen molar-refractivity contribution in [3.05, 3.63) is 192 Å². The number of aromatic nitrogens is 6. The Kier molecular flexibility index (Phi) is 14.6. The average molecular weight is 1100 g/mol. The zero-order chi connectivity index (χ0) is 59.1. The van der Waals surface area contributed by atoms with Gasteiger partial charge in [0.15, 0.2) is 5.82 Å². The summed E-state index contributed by atoms with van der Waals surface area (Å²) in [5.74, 6) is 3.13. The number of hydrogen-bond acceptors (Lipinski definition) is 6. The fraction of sp³-hybridized carbons (Fsp3) is 0.311. The van der Waals surface area contributed by atoms with Crippen molar-refractivity contribution in [2.75, 3.05) is 0 Å². The number of phenolic OH excluding ortho intramolecular Hbond substituents is 1. The van der Waals surface area contributed by atoms with Crippen LogP contribution < -0.4 is 5.19 Å². The highest BCUT2D eigenvalue weighted by atomic mass is 28.3. The molecule has 0 radical (unpaired) electrons. The minimum Gasteiger partial charge on any atom is -0.507 e. The normalized spacial score (nSPS) is 12.8. The molecule has 10 rings (SSSR count). The highest BCUT2D eigenvalue weighted by Crippen LogP contribution is 2.47. The maximum Gasteiger partial charge on any atom is 0.163 e. The molecule has 0 bridgehead atoms. The van der Waals surface area contributed by atoms with Gasteiger partial charge in [0.25, 0.3) is 0 Å². The van der Waals surface area contributed by atoms with Crippen molar-refractivity contribution in [2.45, 2.75) is 151 Å². The largest absolute Gasteiger partial charge is 0.507 e. The second-order valence-electron chi connectivity index (χ2n) is 28.7. The fourth-order valence-electron chi connectivity index (χ4n) is 10.6. The smallest absolute Gasteiger partial charge is 0.163 e. The molecular weight excluding hydrogens is 1020 g/mol. The molecule has 0 unspecified atom stereocenters. The van der Waals surface area contributed by atoms with Crippen LogP contribution >= 0.6 is 0 Å². The van der Waals surface area contributed by atoms with Crippen LogP contribution in [0, 0.1) is 0 Å². The Morgan fingerprint density at radius 1 is 0.402 bits per heavy atom. The van der Waals surface area contributed by atoms with Crippen LogP contribution in [0.4, 0.5) is 0 Å². The molecule has 0 saturated carbocycles. The van der Waals surface area contributed by atoms with Gasteiger partial charge in [0.2, 0.25) is 0 Å². The summed E-state index contributed by atoms with van der Waals surface area (Å²) in [6, 6.07) is 57.2. The zero-order valence-electron chi connectivity index (χ0n) is 51.7. The lowest BCUT2D eigenvalue weighted by atomic mass is 9.79. The number of hydrogen-bond donors (Lipinski definition) is 1. The van der Waals surface area contributed by atoms with Crippen LogP contribution in [0.1, 0.15) is 132 Å². The van der Waals surface area contributed by atoms with E-state index in [2.05, 4.69) is 286 Å². The van der Waals surface area contributed by atoms with E-state index in [1.54, 1.807) is 0 Å². The molecule has 0 fully saturated rings. The number of imidazole rings is 1. The summed E-state index contributed by atoms with van der Waals surface area (Å²) < 4.78 is 2.29. The molecular formula is C74H82N6OSi. The van der Waals surface area contributed by atoms with Crippen LogP contribution in [0.25, 0.3) is 95.3 Å². The second kappa shape index (κ2) is 20.9. The first-order valence-corrected chi connectivity index (χ1v) is 32.5. The highest BCUT2D eigenvalue weighted by molar-refractivity contribution is 6.88. The van der Waals surface area contributed by atoms with E-state index in [0.29, 0.717) is 17.2 Å². The Balaban J connectivity index is 1.20. The molecule has 7 nitrogen and oxygen atoms in total. The first-order chi connectivity index (χ1) is 38.3. The van der Waals surface area contributed by atoms with E-state index in [1.807, 2.05) is 6.20 Å². The number of phenols is 1. The minimum atomic E-state index is -1.46. The topological polar surface area (TPSA) is 89.6 Å². The average Bonchev–Trinajstić information content (AvgIpc) is 2.48. The monoisotopic (exact) mass is 1100 g/mol. The zero-order valence-corrected chi connectivity index (χ0v) is 52.7. The van der Waals surface area contributed by atoms with E-state index >= 15 is 0 Å². The lowest BCUT2D eigenvalue weighted by molar-refractivity contribution is 0.446. The van der Waals surface area contributed by atoms with Crippen LogP contribution in [0.2, 0.25) is 19.6 Å². The number of rotatable bonds is 9. The number of aromatic hydroxyl groups is 1. The molecule has 8 heteroatoms. The number of nitrogens with zero attached hydrogens (tertiary/aromatic N) is 6.